The molecule has 0 aliphatic rings. The lowest BCUT2D eigenvalue weighted by molar-refractivity contribution is -0.121. The van der Waals surface area contributed by atoms with E-state index in [1.54, 1.807) is 6.07 Å². The van der Waals surface area contributed by atoms with Crippen molar-refractivity contribution in [1.82, 2.24) is 14.9 Å². The van der Waals surface area contributed by atoms with Crippen molar-refractivity contribution in [1.29, 1.82) is 0 Å². The number of fused-ring (bicyclic) bond motifs is 1. The molecule has 0 saturated carbocycles. The normalized spacial score (nSPS) is 10.9. The van der Waals surface area contributed by atoms with E-state index in [1.807, 2.05) is 11.4 Å². The van der Waals surface area contributed by atoms with Crippen LogP contribution in [-0.4, -0.2) is 35.1 Å². The van der Waals surface area contributed by atoms with Crippen molar-refractivity contribution < 1.29 is 4.79 Å². The highest BCUT2D eigenvalue weighted by Gasteiger charge is 2.08. The third-order valence-electron chi connectivity index (χ3n) is 4.48. The predicted octanol–water partition coefficient (Wildman–Crippen LogP) is 2.80. The Labute approximate surface area is 162 Å². The number of benzene rings is 1. The first-order chi connectivity index (χ1) is 13.1. The first-order valence-corrected chi connectivity index (χ1v) is 9.97. The molecule has 0 aliphatic carbocycles. The number of aryl methyl sites for hydroxylation is 2. The van der Waals surface area contributed by atoms with Crippen molar-refractivity contribution in [2.45, 2.75) is 26.8 Å². The molecule has 0 fully saturated rings. The number of thiophene rings is 1. The van der Waals surface area contributed by atoms with Gasteiger partial charge < -0.3 is 10.2 Å². The molecule has 1 amide bonds. The van der Waals surface area contributed by atoms with E-state index in [4.69, 9.17) is 0 Å². The summed E-state index contributed by atoms with van der Waals surface area (Å²) < 4.78 is 1.50. The standard InChI is InChI=1S/C20H24N4O2S/c1-3-23(16-6-4-5-15(2)13-16)11-9-21-18(25)7-10-24-14-22-19-17(20(24)26)8-12-27-19/h4-6,8,12-14H,3,7,9-11H2,1-2H3,(H,21,25). The number of rotatable bonds is 8. The molecule has 3 rings (SSSR count). The van der Waals surface area contributed by atoms with Crippen LogP contribution >= 0.6 is 11.3 Å². The summed E-state index contributed by atoms with van der Waals surface area (Å²) in [5, 5.41) is 5.40. The molecule has 142 valence electrons. The van der Waals surface area contributed by atoms with E-state index in [1.165, 1.54) is 27.8 Å². The molecule has 2 aromatic heterocycles. The zero-order chi connectivity index (χ0) is 19.2. The molecule has 0 atom stereocenters. The van der Waals surface area contributed by atoms with Crippen LogP contribution in [0.25, 0.3) is 10.2 Å². The van der Waals surface area contributed by atoms with Gasteiger partial charge in [-0.3, -0.25) is 14.2 Å². The van der Waals surface area contributed by atoms with Gasteiger partial charge in [0.15, 0.2) is 0 Å². The number of nitrogens with zero attached hydrogens (tertiary/aromatic N) is 3. The van der Waals surface area contributed by atoms with Gasteiger partial charge in [-0.1, -0.05) is 12.1 Å². The average Bonchev–Trinajstić information content (AvgIpc) is 3.14. The number of nitrogens with one attached hydrogen (secondary N) is 1. The van der Waals surface area contributed by atoms with E-state index < -0.39 is 0 Å². The second-order valence-electron chi connectivity index (χ2n) is 6.40. The minimum Gasteiger partial charge on any atom is -0.370 e. The fourth-order valence-electron chi connectivity index (χ4n) is 2.99. The highest BCUT2D eigenvalue weighted by Crippen LogP contribution is 2.15. The van der Waals surface area contributed by atoms with Gasteiger partial charge in [-0.05, 0) is 43.0 Å². The zero-order valence-electron chi connectivity index (χ0n) is 15.6. The number of hydrogen-bond acceptors (Lipinski definition) is 5. The topological polar surface area (TPSA) is 67.2 Å². The Balaban J connectivity index is 1.49. The third kappa shape index (κ3) is 4.74. The Morgan fingerprint density at radius 1 is 1.33 bits per heavy atom. The van der Waals surface area contributed by atoms with E-state index in [2.05, 4.69) is 47.2 Å². The Morgan fingerprint density at radius 2 is 2.19 bits per heavy atom. The molecule has 0 radical (unpaired) electrons. The van der Waals surface area contributed by atoms with Crippen LogP contribution in [0.15, 0.2) is 46.8 Å². The highest BCUT2D eigenvalue weighted by atomic mass is 32.1. The quantitative estimate of drug-likeness (QED) is 0.648. The summed E-state index contributed by atoms with van der Waals surface area (Å²) in [5.41, 5.74) is 2.29. The number of anilines is 1. The molecule has 1 N–H and O–H groups in total. The van der Waals surface area contributed by atoms with Gasteiger partial charge in [-0.25, -0.2) is 4.98 Å². The van der Waals surface area contributed by atoms with Crippen LogP contribution in [0.5, 0.6) is 0 Å². The lowest BCUT2D eigenvalue weighted by Crippen LogP contribution is -2.35. The van der Waals surface area contributed by atoms with Crippen molar-refractivity contribution in [2.75, 3.05) is 24.5 Å². The van der Waals surface area contributed by atoms with E-state index in [-0.39, 0.29) is 17.9 Å². The molecular formula is C20H24N4O2S. The van der Waals surface area contributed by atoms with Gasteiger partial charge in [0.1, 0.15) is 4.83 Å². The summed E-state index contributed by atoms with van der Waals surface area (Å²) >= 11 is 1.44. The van der Waals surface area contributed by atoms with Crippen molar-refractivity contribution in [2.24, 2.45) is 0 Å². The lowest BCUT2D eigenvalue weighted by atomic mass is 10.2. The molecule has 3 aromatic rings. The molecule has 0 saturated heterocycles. The molecule has 0 unspecified atom stereocenters. The zero-order valence-corrected chi connectivity index (χ0v) is 16.5. The Kier molecular flexibility index (Phi) is 6.24. The van der Waals surface area contributed by atoms with Gasteiger partial charge in [0.05, 0.1) is 11.7 Å². The van der Waals surface area contributed by atoms with Crippen LogP contribution < -0.4 is 15.8 Å². The van der Waals surface area contributed by atoms with Crippen molar-refractivity contribution in [3.63, 3.8) is 0 Å². The molecular weight excluding hydrogens is 360 g/mol. The van der Waals surface area contributed by atoms with Crippen molar-refractivity contribution in [3.8, 4) is 0 Å². The van der Waals surface area contributed by atoms with E-state index in [0.717, 1.165) is 23.6 Å². The summed E-state index contributed by atoms with van der Waals surface area (Å²) in [6.45, 7) is 6.69. The third-order valence-corrected chi connectivity index (χ3v) is 5.30. The maximum Gasteiger partial charge on any atom is 0.262 e. The molecule has 1 aromatic carbocycles. The SMILES string of the molecule is CCN(CCNC(=O)CCn1cnc2sccc2c1=O)c1cccc(C)c1. The smallest absolute Gasteiger partial charge is 0.262 e. The monoisotopic (exact) mass is 384 g/mol. The molecule has 6 nitrogen and oxygen atoms in total. The van der Waals surface area contributed by atoms with E-state index in [0.29, 0.717) is 18.5 Å². The first-order valence-electron chi connectivity index (χ1n) is 9.09. The van der Waals surface area contributed by atoms with Gasteiger partial charge in [-0.15, -0.1) is 11.3 Å². The van der Waals surface area contributed by atoms with Crippen molar-refractivity contribution in [3.05, 3.63) is 58.0 Å². The minimum atomic E-state index is -0.0920. The van der Waals surface area contributed by atoms with Crippen LogP contribution in [0.1, 0.15) is 18.9 Å². The largest absolute Gasteiger partial charge is 0.370 e. The fraction of sp³-hybridized carbons (Fsp3) is 0.350. The molecule has 7 heteroatoms. The summed E-state index contributed by atoms with van der Waals surface area (Å²) in [6, 6.07) is 10.1. The van der Waals surface area contributed by atoms with Gasteiger partial charge in [-0.2, -0.15) is 0 Å². The number of carbonyl (C=O) groups excluding carboxylic acids is 1. The summed E-state index contributed by atoms with van der Waals surface area (Å²) in [7, 11) is 0. The molecule has 27 heavy (non-hydrogen) atoms. The van der Waals surface area contributed by atoms with Gasteiger partial charge in [0.2, 0.25) is 5.91 Å². The van der Waals surface area contributed by atoms with Crippen LogP contribution in [0, 0.1) is 6.92 Å². The lowest BCUT2D eigenvalue weighted by Gasteiger charge is -2.23. The number of likely N-dealkylation sites (N-methyl/N-ethyl adjacent to an activating group) is 1. The molecule has 0 aliphatic heterocycles. The molecule has 0 bridgehead atoms. The van der Waals surface area contributed by atoms with Crippen LogP contribution in [0.3, 0.4) is 0 Å². The van der Waals surface area contributed by atoms with E-state index in [9.17, 15) is 9.59 Å². The second kappa shape index (κ2) is 8.81. The number of hydrogen-bond donors (Lipinski definition) is 1. The first kappa shape index (κ1) is 19.1. The predicted molar refractivity (Wildman–Crippen MR) is 111 cm³/mol. The highest BCUT2D eigenvalue weighted by molar-refractivity contribution is 7.16. The Hall–Kier alpha value is -2.67. The fourth-order valence-corrected chi connectivity index (χ4v) is 3.71. The second-order valence-corrected chi connectivity index (χ2v) is 7.30. The number of carbonyl (C=O) groups is 1. The Morgan fingerprint density at radius 3 is 2.96 bits per heavy atom. The Bertz CT molecular complexity index is 979. The van der Waals surface area contributed by atoms with Gasteiger partial charge in [0.25, 0.3) is 5.56 Å². The summed E-state index contributed by atoms with van der Waals surface area (Å²) in [4.78, 5) is 31.7. The number of amides is 1. The summed E-state index contributed by atoms with van der Waals surface area (Å²) in [6.07, 6.45) is 1.78. The molecule has 2 heterocycles. The summed E-state index contributed by atoms with van der Waals surface area (Å²) in [5.74, 6) is -0.0624. The minimum absolute atomic E-state index is 0.0624. The van der Waals surface area contributed by atoms with Gasteiger partial charge in [0, 0.05) is 38.3 Å². The van der Waals surface area contributed by atoms with Crippen LogP contribution in [0.2, 0.25) is 0 Å². The van der Waals surface area contributed by atoms with E-state index >= 15 is 0 Å². The number of aromatic nitrogens is 2. The van der Waals surface area contributed by atoms with Crippen molar-refractivity contribution >= 4 is 33.1 Å². The maximum absolute atomic E-state index is 12.3. The molecule has 0 spiro atoms. The van der Waals surface area contributed by atoms with Gasteiger partial charge >= 0.3 is 0 Å². The van der Waals surface area contributed by atoms with Crippen LogP contribution in [0.4, 0.5) is 5.69 Å². The maximum atomic E-state index is 12.3. The average molecular weight is 385 g/mol. The van der Waals surface area contributed by atoms with Crippen LogP contribution in [-0.2, 0) is 11.3 Å².